The molecule has 26 heavy (non-hydrogen) atoms. The van der Waals surface area contributed by atoms with E-state index < -0.39 is 0 Å². The third-order valence-corrected chi connectivity index (χ3v) is 4.17. The zero-order valence-corrected chi connectivity index (χ0v) is 15.3. The van der Waals surface area contributed by atoms with Gasteiger partial charge in [-0.05, 0) is 57.3 Å². The molecule has 0 atom stereocenters. The van der Waals surface area contributed by atoms with E-state index in [1.165, 1.54) is 17.7 Å². The Labute approximate surface area is 153 Å². The lowest BCUT2D eigenvalue weighted by Crippen LogP contribution is -2.24. The fourth-order valence-corrected chi connectivity index (χ4v) is 2.58. The van der Waals surface area contributed by atoms with Crippen molar-refractivity contribution in [1.82, 2.24) is 9.88 Å². The number of aryl methyl sites for hydroxylation is 2. The monoisotopic (exact) mass is 354 g/mol. The summed E-state index contributed by atoms with van der Waals surface area (Å²) in [7, 11) is 2.02. The van der Waals surface area contributed by atoms with Gasteiger partial charge in [0.05, 0.1) is 5.69 Å². The lowest BCUT2D eigenvalue weighted by Gasteiger charge is -2.16. The number of hydrogen-bond donors (Lipinski definition) is 0. The summed E-state index contributed by atoms with van der Waals surface area (Å²) in [6, 6.07) is 14.2. The molecule has 0 saturated heterocycles. The predicted octanol–water partition coefficient (Wildman–Crippen LogP) is 4.61. The van der Waals surface area contributed by atoms with Crippen molar-refractivity contribution in [3.63, 3.8) is 0 Å². The van der Waals surface area contributed by atoms with Gasteiger partial charge in [0.25, 0.3) is 0 Å². The van der Waals surface area contributed by atoms with Crippen LogP contribution in [0.15, 0.2) is 52.9 Å². The minimum atomic E-state index is -0.273. The number of oxazole rings is 1. The number of nitrogens with zero attached hydrogens (tertiary/aromatic N) is 2. The number of likely N-dealkylation sites (N-methyl/N-ethyl adjacent to an activating group) is 1. The van der Waals surface area contributed by atoms with E-state index in [1.807, 2.05) is 38.2 Å². The molecule has 1 aromatic heterocycles. The number of benzene rings is 2. The number of rotatable bonds is 7. The van der Waals surface area contributed by atoms with Gasteiger partial charge < -0.3 is 9.15 Å². The SMILES string of the molecule is Cc1ccc(OCCN(C)Cc2nc(-c3ccc(F)cc3)oc2C)cc1. The lowest BCUT2D eigenvalue weighted by atomic mass is 10.2. The molecule has 0 spiro atoms. The average Bonchev–Trinajstić information content (AvgIpc) is 2.98. The second-order valence-electron chi connectivity index (χ2n) is 6.43. The van der Waals surface area contributed by atoms with Crippen molar-refractivity contribution in [3.8, 4) is 17.2 Å². The third kappa shape index (κ3) is 4.70. The summed E-state index contributed by atoms with van der Waals surface area (Å²) in [5.74, 6) is 1.89. The highest BCUT2D eigenvalue weighted by Crippen LogP contribution is 2.22. The molecule has 3 rings (SSSR count). The lowest BCUT2D eigenvalue weighted by molar-refractivity contribution is 0.231. The maximum absolute atomic E-state index is 13.1. The van der Waals surface area contributed by atoms with E-state index in [1.54, 1.807) is 12.1 Å². The molecule has 0 fully saturated rings. The maximum Gasteiger partial charge on any atom is 0.226 e. The first-order chi connectivity index (χ1) is 12.5. The van der Waals surface area contributed by atoms with Crippen molar-refractivity contribution in [1.29, 1.82) is 0 Å². The Morgan fingerprint density at radius 1 is 1.04 bits per heavy atom. The highest BCUT2D eigenvalue weighted by molar-refractivity contribution is 5.53. The van der Waals surface area contributed by atoms with Crippen molar-refractivity contribution >= 4 is 0 Å². The van der Waals surface area contributed by atoms with Gasteiger partial charge in [0.15, 0.2) is 0 Å². The molecule has 1 heterocycles. The zero-order chi connectivity index (χ0) is 18.5. The molecule has 0 aliphatic rings. The maximum atomic E-state index is 13.1. The number of aromatic nitrogens is 1. The summed E-state index contributed by atoms with van der Waals surface area (Å²) in [4.78, 5) is 6.69. The number of halogens is 1. The van der Waals surface area contributed by atoms with E-state index in [2.05, 4.69) is 16.8 Å². The topological polar surface area (TPSA) is 38.5 Å². The fourth-order valence-electron chi connectivity index (χ4n) is 2.58. The first-order valence-corrected chi connectivity index (χ1v) is 8.61. The Morgan fingerprint density at radius 2 is 1.73 bits per heavy atom. The normalized spacial score (nSPS) is 11.1. The molecule has 0 aliphatic carbocycles. The van der Waals surface area contributed by atoms with Crippen LogP contribution in [0.4, 0.5) is 4.39 Å². The highest BCUT2D eigenvalue weighted by atomic mass is 19.1. The molecule has 0 bridgehead atoms. The van der Waals surface area contributed by atoms with Gasteiger partial charge in [-0.25, -0.2) is 9.37 Å². The van der Waals surface area contributed by atoms with Crippen LogP contribution in [0.5, 0.6) is 5.75 Å². The van der Waals surface area contributed by atoms with E-state index in [4.69, 9.17) is 9.15 Å². The molecular weight excluding hydrogens is 331 g/mol. The first-order valence-electron chi connectivity index (χ1n) is 8.61. The molecule has 0 saturated carbocycles. The molecular formula is C21H23FN2O2. The average molecular weight is 354 g/mol. The molecule has 3 aromatic rings. The predicted molar refractivity (Wildman–Crippen MR) is 99.6 cm³/mol. The van der Waals surface area contributed by atoms with E-state index in [9.17, 15) is 4.39 Å². The summed E-state index contributed by atoms with van der Waals surface area (Å²) in [6.45, 7) is 5.98. The third-order valence-electron chi connectivity index (χ3n) is 4.17. The van der Waals surface area contributed by atoms with Crippen molar-refractivity contribution in [3.05, 3.63) is 71.4 Å². The summed E-state index contributed by atoms with van der Waals surface area (Å²) in [5.41, 5.74) is 2.86. The van der Waals surface area contributed by atoms with E-state index in [0.717, 1.165) is 29.3 Å². The smallest absolute Gasteiger partial charge is 0.226 e. The minimum absolute atomic E-state index is 0.273. The van der Waals surface area contributed by atoms with Crippen LogP contribution in [-0.2, 0) is 6.54 Å². The molecule has 0 aliphatic heterocycles. The van der Waals surface area contributed by atoms with Gasteiger partial charge in [0, 0.05) is 18.7 Å². The van der Waals surface area contributed by atoms with Gasteiger partial charge in [0.1, 0.15) is 23.9 Å². The molecule has 136 valence electrons. The van der Waals surface area contributed by atoms with Gasteiger partial charge in [-0.3, -0.25) is 4.90 Å². The van der Waals surface area contributed by atoms with Crippen LogP contribution in [0.2, 0.25) is 0 Å². The molecule has 2 aromatic carbocycles. The number of hydrogen-bond acceptors (Lipinski definition) is 4. The minimum Gasteiger partial charge on any atom is -0.492 e. The van der Waals surface area contributed by atoms with Crippen LogP contribution < -0.4 is 4.74 Å². The van der Waals surface area contributed by atoms with Gasteiger partial charge in [-0.2, -0.15) is 0 Å². The summed E-state index contributed by atoms with van der Waals surface area (Å²) in [5, 5.41) is 0. The van der Waals surface area contributed by atoms with Gasteiger partial charge >= 0.3 is 0 Å². The zero-order valence-electron chi connectivity index (χ0n) is 15.3. The van der Waals surface area contributed by atoms with E-state index in [-0.39, 0.29) is 5.82 Å². The Kier molecular flexibility index (Phi) is 5.68. The van der Waals surface area contributed by atoms with Crippen LogP contribution in [0, 0.1) is 19.7 Å². The Bertz CT molecular complexity index is 841. The highest BCUT2D eigenvalue weighted by Gasteiger charge is 2.13. The van der Waals surface area contributed by atoms with E-state index in [0.29, 0.717) is 19.0 Å². The van der Waals surface area contributed by atoms with Crippen LogP contribution in [0.1, 0.15) is 17.0 Å². The van der Waals surface area contributed by atoms with Gasteiger partial charge in [-0.15, -0.1) is 0 Å². The molecule has 5 heteroatoms. The van der Waals surface area contributed by atoms with Gasteiger partial charge in [0.2, 0.25) is 5.89 Å². The molecule has 0 unspecified atom stereocenters. The molecule has 0 radical (unpaired) electrons. The van der Waals surface area contributed by atoms with Crippen LogP contribution >= 0.6 is 0 Å². The Hall–Kier alpha value is -2.66. The molecule has 0 N–H and O–H groups in total. The van der Waals surface area contributed by atoms with Crippen molar-refractivity contribution in [2.75, 3.05) is 20.2 Å². The van der Waals surface area contributed by atoms with Gasteiger partial charge in [-0.1, -0.05) is 17.7 Å². The summed E-state index contributed by atoms with van der Waals surface area (Å²) < 4.78 is 24.5. The first kappa shape index (κ1) is 18.1. The van der Waals surface area contributed by atoms with Crippen molar-refractivity contribution in [2.45, 2.75) is 20.4 Å². The Morgan fingerprint density at radius 3 is 2.42 bits per heavy atom. The second-order valence-corrected chi connectivity index (χ2v) is 6.43. The van der Waals surface area contributed by atoms with Crippen LogP contribution in [0.25, 0.3) is 11.5 Å². The summed E-state index contributed by atoms with van der Waals surface area (Å²) >= 11 is 0. The standard InChI is InChI=1S/C21H23FN2O2/c1-15-4-10-19(11-5-15)25-13-12-24(3)14-20-16(2)26-21(23-20)17-6-8-18(22)9-7-17/h4-11H,12-14H2,1-3H3. The van der Waals surface area contributed by atoms with E-state index >= 15 is 0 Å². The molecule has 0 amide bonds. The summed E-state index contributed by atoms with van der Waals surface area (Å²) in [6.07, 6.45) is 0. The van der Waals surface area contributed by atoms with Crippen LogP contribution in [0.3, 0.4) is 0 Å². The van der Waals surface area contributed by atoms with Crippen molar-refractivity contribution < 1.29 is 13.5 Å². The largest absolute Gasteiger partial charge is 0.492 e. The quantitative estimate of drug-likeness (QED) is 0.621. The number of ether oxygens (including phenoxy) is 1. The molecule has 4 nitrogen and oxygen atoms in total. The fraction of sp³-hybridized carbons (Fsp3) is 0.286. The van der Waals surface area contributed by atoms with Crippen molar-refractivity contribution in [2.24, 2.45) is 0 Å². The second kappa shape index (κ2) is 8.15. The Balaban J connectivity index is 1.54. The van der Waals surface area contributed by atoms with Crippen LogP contribution in [-0.4, -0.2) is 30.1 Å².